The van der Waals surface area contributed by atoms with Crippen molar-refractivity contribution in [1.82, 2.24) is 14.8 Å². The zero-order valence-electron chi connectivity index (χ0n) is 17.0. The number of guanidine groups is 1. The molecule has 0 saturated carbocycles. The van der Waals surface area contributed by atoms with Crippen LogP contribution in [0.5, 0.6) is 0 Å². The largest absolute Gasteiger partial charge is 0.370 e. The van der Waals surface area contributed by atoms with Gasteiger partial charge >= 0.3 is 0 Å². The highest BCUT2D eigenvalue weighted by Gasteiger charge is 2.18. The van der Waals surface area contributed by atoms with E-state index < -0.39 is 0 Å². The Bertz CT molecular complexity index is 966. The summed E-state index contributed by atoms with van der Waals surface area (Å²) in [6.45, 7) is 4.34. The van der Waals surface area contributed by atoms with Gasteiger partial charge in [-0.15, -0.1) is 11.8 Å². The molecule has 1 fully saturated rings. The smallest absolute Gasteiger partial charge is 0.188 e. The molecule has 3 aromatic rings. The number of nitrogens with one attached hydrogen (secondary N) is 1. The molecule has 4 rings (SSSR count). The van der Waals surface area contributed by atoms with Gasteiger partial charge in [-0.25, -0.2) is 4.98 Å². The van der Waals surface area contributed by atoms with Crippen LogP contribution < -0.4 is 5.73 Å². The number of benzene rings is 2. The molecule has 0 bridgehead atoms. The van der Waals surface area contributed by atoms with Crippen molar-refractivity contribution in [1.29, 1.82) is 5.41 Å². The van der Waals surface area contributed by atoms with Crippen LogP contribution in [0.2, 0.25) is 0 Å². The Labute approximate surface area is 182 Å². The van der Waals surface area contributed by atoms with Crippen LogP contribution in [0.4, 0.5) is 0 Å². The monoisotopic (exact) mass is 417 g/mol. The first-order valence-electron chi connectivity index (χ1n) is 10.2. The lowest BCUT2D eigenvalue weighted by atomic mass is 10.0. The highest BCUT2D eigenvalue weighted by atomic mass is 32.2. The minimum absolute atomic E-state index is 0.172. The molecule has 5 nitrogen and oxygen atoms in total. The first-order valence-corrected chi connectivity index (χ1v) is 11.2. The minimum atomic E-state index is 0.172. The molecule has 0 spiro atoms. The second kappa shape index (κ2) is 9.78. The summed E-state index contributed by atoms with van der Waals surface area (Å²) in [5.41, 5.74) is 10.7. The lowest BCUT2D eigenvalue weighted by Gasteiger charge is -2.35. The van der Waals surface area contributed by atoms with Crippen LogP contribution >= 0.6 is 11.8 Å². The van der Waals surface area contributed by atoms with Crippen molar-refractivity contribution in [3.63, 3.8) is 0 Å². The molecule has 0 unspecified atom stereocenters. The van der Waals surface area contributed by atoms with Gasteiger partial charge in [-0.3, -0.25) is 10.3 Å². The third-order valence-corrected chi connectivity index (χ3v) is 6.51. The Hall–Kier alpha value is -2.83. The van der Waals surface area contributed by atoms with Crippen molar-refractivity contribution >= 4 is 17.7 Å². The number of hydrogen-bond donors (Lipinski definition) is 2. The fourth-order valence-corrected chi connectivity index (χ4v) is 4.59. The Balaban J connectivity index is 1.36. The fourth-order valence-electron chi connectivity index (χ4n) is 3.64. The van der Waals surface area contributed by atoms with E-state index in [1.165, 1.54) is 22.3 Å². The molecular formula is C24H27N5S. The number of piperazine rings is 1. The van der Waals surface area contributed by atoms with Crippen molar-refractivity contribution in [2.45, 2.75) is 17.3 Å². The zero-order valence-corrected chi connectivity index (χ0v) is 17.8. The third-order valence-electron chi connectivity index (χ3n) is 5.39. The summed E-state index contributed by atoms with van der Waals surface area (Å²) in [4.78, 5) is 8.98. The van der Waals surface area contributed by atoms with Crippen LogP contribution in [-0.2, 0) is 12.3 Å². The topological polar surface area (TPSA) is 69.2 Å². The van der Waals surface area contributed by atoms with Gasteiger partial charge in [0.1, 0.15) is 5.03 Å². The molecule has 154 valence electrons. The molecule has 0 atom stereocenters. The van der Waals surface area contributed by atoms with Crippen molar-refractivity contribution < 1.29 is 0 Å². The standard InChI is InChI=1S/C24H27N5S/c25-24(26)29-15-13-28(14-16-29)17-22-7-4-12-27-23(22)30-18-19-8-10-21(11-9-19)20-5-2-1-3-6-20/h1-12H,13-18H2,(H3,25,26). The van der Waals surface area contributed by atoms with Crippen LogP contribution in [0.3, 0.4) is 0 Å². The van der Waals surface area contributed by atoms with E-state index in [0.717, 1.165) is 43.5 Å². The normalized spacial score (nSPS) is 14.6. The van der Waals surface area contributed by atoms with Crippen molar-refractivity contribution in [2.24, 2.45) is 5.73 Å². The van der Waals surface area contributed by atoms with Crippen LogP contribution in [0, 0.1) is 5.41 Å². The van der Waals surface area contributed by atoms with Crippen molar-refractivity contribution in [3.05, 3.63) is 84.1 Å². The van der Waals surface area contributed by atoms with E-state index in [1.807, 2.05) is 23.2 Å². The maximum Gasteiger partial charge on any atom is 0.188 e. The molecule has 0 aliphatic carbocycles. The van der Waals surface area contributed by atoms with E-state index in [2.05, 4.69) is 64.5 Å². The van der Waals surface area contributed by atoms with E-state index in [1.54, 1.807) is 11.8 Å². The number of nitrogens with two attached hydrogens (primary N) is 1. The van der Waals surface area contributed by atoms with Gasteiger partial charge in [-0.05, 0) is 28.3 Å². The second-order valence-corrected chi connectivity index (χ2v) is 8.43. The molecule has 2 heterocycles. The number of aromatic nitrogens is 1. The fraction of sp³-hybridized carbons (Fsp3) is 0.250. The van der Waals surface area contributed by atoms with Gasteiger partial charge in [0.2, 0.25) is 0 Å². The molecule has 30 heavy (non-hydrogen) atoms. The highest BCUT2D eigenvalue weighted by molar-refractivity contribution is 7.98. The second-order valence-electron chi connectivity index (χ2n) is 7.47. The average molecular weight is 418 g/mol. The Morgan fingerprint density at radius 2 is 1.60 bits per heavy atom. The Morgan fingerprint density at radius 3 is 2.30 bits per heavy atom. The molecule has 1 aliphatic rings. The Morgan fingerprint density at radius 1 is 0.900 bits per heavy atom. The van der Waals surface area contributed by atoms with Crippen molar-refractivity contribution in [2.75, 3.05) is 26.2 Å². The first kappa shape index (κ1) is 20.4. The minimum Gasteiger partial charge on any atom is -0.370 e. The van der Waals surface area contributed by atoms with Gasteiger partial charge in [-0.2, -0.15) is 0 Å². The SMILES string of the molecule is N=C(N)N1CCN(Cc2cccnc2SCc2ccc(-c3ccccc3)cc2)CC1. The van der Waals surface area contributed by atoms with E-state index in [9.17, 15) is 0 Å². The average Bonchev–Trinajstić information content (AvgIpc) is 2.80. The molecule has 1 saturated heterocycles. The lowest BCUT2D eigenvalue weighted by Crippen LogP contribution is -2.50. The van der Waals surface area contributed by atoms with Crippen LogP contribution in [0.1, 0.15) is 11.1 Å². The number of pyridine rings is 1. The maximum atomic E-state index is 7.58. The predicted octanol–water partition coefficient (Wildman–Crippen LogP) is 4.05. The molecule has 6 heteroatoms. The summed E-state index contributed by atoms with van der Waals surface area (Å²) >= 11 is 1.79. The summed E-state index contributed by atoms with van der Waals surface area (Å²) in [5, 5.41) is 8.68. The van der Waals surface area contributed by atoms with E-state index >= 15 is 0 Å². The summed E-state index contributed by atoms with van der Waals surface area (Å²) in [6.07, 6.45) is 1.87. The van der Waals surface area contributed by atoms with Gasteiger partial charge in [0, 0.05) is 44.7 Å². The highest BCUT2D eigenvalue weighted by Crippen LogP contribution is 2.27. The number of hydrogen-bond acceptors (Lipinski definition) is 4. The predicted molar refractivity (Wildman–Crippen MR) is 124 cm³/mol. The van der Waals surface area contributed by atoms with Crippen LogP contribution in [-0.4, -0.2) is 46.9 Å². The van der Waals surface area contributed by atoms with Gasteiger partial charge in [0.25, 0.3) is 0 Å². The first-order chi connectivity index (χ1) is 14.7. The number of rotatable bonds is 6. The zero-order chi connectivity index (χ0) is 20.8. The van der Waals surface area contributed by atoms with Crippen LogP contribution in [0.15, 0.2) is 78.0 Å². The van der Waals surface area contributed by atoms with Crippen LogP contribution in [0.25, 0.3) is 11.1 Å². The van der Waals surface area contributed by atoms with Gasteiger partial charge in [-0.1, -0.05) is 60.7 Å². The number of nitrogens with zero attached hydrogens (tertiary/aromatic N) is 3. The lowest BCUT2D eigenvalue weighted by molar-refractivity contribution is 0.172. The van der Waals surface area contributed by atoms with E-state index in [4.69, 9.17) is 11.1 Å². The molecule has 0 amide bonds. The summed E-state index contributed by atoms with van der Waals surface area (Å²) in [7, 11) is 0. The van der Waals surface area contributed by atoms with E-state index in [-0.39, 0.29) is 5.96 Å². The van der Waals surface area contributed by atoms with Gasteiger partial charge < -0.3 is 10.6 Å². The molecular weight excluding hydrogens is 390 g/mol. The maximum absolute atomic E-state index is 7.58. The summed E-state index contributed by atoms with van der Waals surface area (Å²) in [5.74, 6) is 1.07. The molecule has 1 aromatic heterocycles. The molecule has 0 radical (unpaired) electrons. The molecule has 1 aliphatic heterocycles. The van der Waals surface area contributed by atoms with Crippen molar-refractivity contribution in [3.8, 4) is 11.1 Å². The number of thioether (sulfide) groups is 1. The molecule has 2 aromatic carbocycles. The third kappa shape index (κ3) is 5.20. The Kier molecular flexibility index (Phi) is 6.67. The molecule has 3 N–H and O–H groups in total. The summed E-state index contributed by atoms with van der Waals surface area (Å²) in [6, 6.07) is 23.5. The van der Waals surface area contributed by atoms with Gasteiger partial charge in [0.15, 0.2) is 5.96 Å². The van der Waals surface area contributed by atoms with Gasteiger partial charge in [0.05, 0.1) is 0 Å². The quantitative estimate of drug-likeness (QED) is 0.360. The van der Waals surface area contributed by atoms with E-state index in [0.29, 0.717) is 0 Å². The summed E-state index contributed by atoms with van der Waals surface area (Å²) < 4.78 is 0.